The molecule has 23 heavy (non-hydrogen) atoms. The van der Waals surface area contributed by atoms with E-state index < -0.39 is 47.3 Å². The molecular formula is C14H8ClF6NO. The molecule has 0 radical (unpaired) electrons. The lowest BCUT2D eigenvalue weighted by Crippen LogP contribution is -2.24. The summed E-state index contributed by atoms with van der Waals surface area (Å²) in [7, 11) is 0. The largest absolute Gasteiger partial charge is 0.418 e. The van der Waals surface area contributed by atoms with Crippen LogP contribution >= 0.6 is 11.6 Å². The standard InChI is InChI=1S/C14H8ClF6NO/c15-6-1-2-9(8(16)3-6)22-5-7(14(19,20)21)11-10(22)4-13(17,18)12(11)23/h1-3,5,12,23H,4H2. The van der Waals surface area contributed by atoms with Gasteiger partial charge in [0, 0.05) is 22.5 Å². The van der Waals surface area contributed by atoms with E-state index in [2.05, 4.69) is 0 Å². The molecule has 0 aliphatic heterocycles. The summed E-state index contributed by atoms with van der Waals surface area (Å²) in [5.41, 5.74) is -3.16. The normalized spacial score (nSPS) is 19.9. The third kappa shape index (κ3) is 2.49. The summed E-state index contributed by atoms with van der Waals surface area (Å²) in [5, 5.41) is 9.56. The van der Waals surface area contributed by atoms with Crippen LogP contribution in [0.4, 0.5) is 26.3 Å². The molecule has 0 amide bonds. The van der Waals surface area contributed by atoms with Gasteiger partial charge in [-0.25, -0.2) is 13.2 Å². The first kappa shape index (κ1) is 16.2. The second kappa shape index (κ2) is 4.91. The number of alkyl halides is 5. The minimum absolute atomic E-state index is 0.0106. The van der Waals surface area contributed by atoms with Crippen LogP contribution in [0.5, 0.6) is 0 Å². The van der Waals surface area contributed by atoms with Gasteiger partial charge in [0.2, 0.25) is 0 Å². The summed E-state index contributed by atoms with van der Waals surface area (Å²) in [4.78, 5) is 0. The zero-order valence-corrected chi connectivity index (χ0v) is 11.9. The molecule has 3 rings (SSSR count). The highest BCUT2D eigenvalue weighted by atomic mass is 35.5. The van der Waals surface area contributed by atoms with E-state index in [0.29, 0.717) is 10.8 Å². The van der Waals surface area contributed by atoms with E-state index in [1.54, 1.807) is 0 Å². The number of aliphatic hydroxyl groups is 1. The average Bonchev–Trinajstić information content (AvgIpc) is 2.86. The van der Waals surface area contributed by atoms with Crippen LogP contribution in [0, 0.1) is 5.82 Å². The van der Waals surface area contributed by atoms with Gasteiger partial charge in [0.25, 0.3) is 5.92 Å². The maximum absolute atomic E-state index is 14.0. The highest BCUT2D eigenvalue weighted by molar-refractivity contribution is 6.30. The molecule has 1 unspecified atom stereocenters. The molecule has 9 heteroatoms. The Labute approximate surface area is 130 Å². The summed E-state index contributed by atoms with van der Waals surface area (Å²) < 4.78 is 81.2. The molecule has 1 aliphatic carbocycles. The highest BCUT2D eigenvalue weighted by Crippen LogP contribution is 2.50. The lowest BCUT2D eigenvalue weighted by atomic mass is 10.1. The van der Waals surface area contributed by atoms with Gasteiger partial charge in [-0.05, 0) is 18.2 Å². The number of hydrogen-bond donors (Lipinski definition) is 1. The Morgan fingerprint density at radius 3 is 2.48 bits per heavy atom. The van der Waals surface area contributed by atoms with Crippen molar-refractivity contribution in [3.05, 3.63) is 52.1 Å². The Bertz CT molecular complexity index is 782. The second-order valence-electron chi connectivity index (χ2n) is 5.21. The molecule has 1 aromatic heterocycles. The Kier molecular flexibility index (Phi) is 3.46. The summed E-state index contributed by atoms with van der Waals surface area (Å²) in [5.74, 6) is -4.72. The van der Waals surface area contributed by atoms with Crippen molar-refractivity contribution >= 4 is 11.6 Å². The fraction of sp³-hybridized carbons (Fsp3) is 0.286. The number of rotatable bonds is 1. The van der Waals surface area contributed by atoms with Gasteiger partial charge in [-0.2, -0.15) is 13.2 Å². The predicted octanol–water partition coefficient (Wildman–Crippen LogP) is 4.51. The van der Waals surface area contributed by atoms with E-state index >= 15 is 0 Å². The molecule has 0 saturated carbocycles. The van der Waals surface area contributed by atoms with Gasteiger partial charge in [-0.15, -0.1) is 0 Å². The third-order valence-corrected chi connectivity index (χ3v) is 3.94. The predicted molar refractivity (Wildman–Crippen MR) is 69.3 cm³/mol. The number of aromatic nitrogens is 1. The molecule has 124 valence electrons. The number of hydrogen-bond acceptors (Lipinski definition) is 1. The number of benzene rings is 1. The van der Waals surface area contributed by atoms with Crippen molar-refractivity contribution < 1.29 is 31.4 Å². The van der Waals surface area contributed by atoms with E-state index in [-0.39, 0.29) is 10.7 Å². The summed E-state index contributed by atoms with van der Waals surface area (Å²) >= 11 is 5.58. The molecular weight excluding hydrogens is 348 g/mol. The maximum Gasteiger partial charge on any atom is 0.418 e. The van der Waals surface area contributed by atoms with E-state index in [9.17, 15) is 31.4 Å². The van der Waals surface area contributed by atoms with Gasteiger partial charge in [-0.1, -0.05) is 11.6 Å². The first-order valence-electron chi connectivity index (χ1n) is 6.35. The van der Waals surface area contributed by atoms with Crippen molar-refractivity contribution in [1.82, 2.24) is 4.57 Å². The van der Waals surface area contributed by atoms with Crippen molar-refractivity contribution in [2.75, 3.05) is 0 Å². The van der Waals surface area contributed by atoms with Crippen molar-refractivity contribution in [3.63, 3.8) is 0 Å². The number of halogens is 7. The quantitative estimate of drug-likeness (QED) is 0.748. The van der Waals surface area contributed by atoms with E-state index in [1.165, 1.54) is 6.07 Å². The fourth-order valence-corrected chi connectivity index (χ4v) is 2.85. The van der Waals surface area contributed by atoms with Crippen LogP contribution in [-0.2, 0) is 12.6 Å². The van der Waals surface area contributed by atoms with Gasteiger partial charge in [0.1, 0.15) is 11.9 Å². The molecule has 2 nitrogen and oxygen atoms in total. The molecule has 0 fully saturated rings. The van der Waals surface area contributed by atoms with Crippen molar-refractivity contribution in [2.24, 2.45) is 0 Å². The van der Waals surface area contributed by atoms with E-state index in [1.807, 2.05) is 0 Å². The molecule has 1 heterocycles. The van der Waals surface area contributed by atoms with Gasteiger partial charge in [-0.3, -0.25) is 0 Å². The van der Waals surface area contributed by atoms with Gasteiger partial charge >= 0.3 is 6.18 Å². The number of aliphatic hydroxyl groups excluding tert-OH is 1. The minimum Gasteiger partial charge on any atom is -0.382 e. The first-order valence-corrected chi connectivity index (χ1v) is 6.73. The van der Waals surface area contributed by atoms with Crippen LogP contribution in [0.15, 0.2) is 24.4 Å². The van der Waals surface area contributed by atoms with Crippen LogP contribution < -0.4 is 0 Å². The van der Waals surface area contributed by atoms with E-state index in [0.717, 1.165) is 12.1 Å². The molecule has 1 atom stereocenters. The lowest BCUT2D eigenvalue weighted by molar-refractivity contribution is -0.142. The highest BCUT2D eigenvalue weighted by Gasteiger charge is 2.53. The van der Waals surface area contributed by atoms with Crippen LogP contribution in [0.25, 0.3) is 5.69 Å². The summed E-state index contributed by atoms with van der Waals surface area (Å²) in [6, 6.07) is 3.17. The maximum atomic E-state index is 14.0. The molecule has 0 saturated heterocycles. The van der Waals surface area contributed by atoms with Crippen molar-refractivity contribution in [3.8, 4) is 5.69 Å². The van der Waals surface area contributed by atoms with Gasteiger partial charge < -0.3 is 9.67 Å². The number of nitrogens with zero attached hydrogens (tertiary/aromatic N) is 1. The third-order valence-electron chi connectivity index (χ3n) is 3.70. The monoisotopic (exact) mass is 355 g/mol. The first-order chi connectivity index (χ1) is 10.5. The Balaban J connectivity index is 2.27. The van der Waals surface area contributed by atoms with Gasteiger partial charge in [0.05, 0.1) is 17.7 Å². The van der Waals surface area contributed by atoms with Crippen LogP contribution in [0.2, 0.25) is 5.02 Å². The Hall–Kier alpha value is -1.67. The van der Waals surface area contributed by atoms with Crippen LogP contribution in [-0.4, -0.2) is 15.6 Å². The lowest BCUT2D eigenvalue weighted by Gasteiger charge is -2.16. The van der Waals surface area contributed by atoms with Gasteiger partial charge in [0.15, 0.2) is 0 Å². The average molecular weight is 356 g/mol. The van der Waals surface area contributed by atoms with Crippen molar-refractivity contribution in [1.29, 1.82) is 0 Å². The minimum atomic E-state index is -4.96. The molecule has 1 aliphatic rings. The Morgan fingerprint density at radius 1 is 1.26 bits per heavy atom. The van der Waals surface area contributed by atoms with Crippen molar-refractivity contribution in [2.45, 2.75) is 24.6 Å². The van der Waals surface area contributed by atoms with Crippen LogP contribution in [0.1, 0.15) is 22.9 Å². The Morgan fingerprint density at radius 2 is 1.91 bits per heavy atom. The molecule has 1 N–H and O–H groups in total. The molecule has 1 aromatic carbocycles. The zero-order chi connectivity index (χ0) is 17.2. The zero-order valence-electron chi connectivity index (χ0n) is 11.1. The number of fused-ring (bicyclic) bond motifs is 1. The molecule has 0 bridgehead atoms. The topological polar surface area (TPSA) is 25.2 Å². The second-order valence-corrected chi connectivity index (χ2v) is 5.64. The van der Waals surface area contributed by atoms with E-state index in [4.69, 9.17) is 11.6 Å². The van der Waals surface area contributed by atoms with Crippen LogP contribution in [0.3, 0.4) is 0 Å². The smallest absolute Gasteiger partial charge is 0.382 e. The molecule has 0 spiro atoms. The fourth-order valence-electron chi connectivity index (χ4n) is 2.70. The SMILES string of the molecule is OC1c2c(C(F)(F)F)cn(-c3ccc(Cl)cc3F)c2CC1(F)F. The summed E-state index contributed by atoms with van der Waals surface area (Å²) in [6.45, 7) is 0. The summed E-state index contributed by atoms with van der Waals surface area (Å²) in [6.07, 6.45) is -8.16. The molecule has 2 aromatic rings.